The number of rotatable bonds is 13. The molecular formula is C22H19N7O9S2. The molecule has 4 heterocycles. The maximum Gasteiger partial charge on any atom is 0.344 e. The molecule has 0 bridgehead atoms. The lowest BCUT2D eigenvalue weighted by Crippen LogP contribution is -2.71. The van der Waals surface area contributed by atoms with Crippen LogP contribution in [-0.4, -0.2) is 81.1 Å². The van der Waals surface area contributed by atoms with E-state index >= 15 is 0 Å². The van der Waals surface area contributed by atoms with E-state index in [0.29, 0.717) is 24.1 Å². The molecule has 0 aromatic carbocycles. The van der Waals surface area contributed by atoms with Crippen molar-refractivity contribution >= 4 is 76.2 Å². The minimum Gasteiger partial charge on any atom is -0.543 e. The van der Waals surface area contributed by atoms with E-state index in [2.05, 4.69) is 26.1 Å². The van der Waals surface area contributed by atoms with Gasteiger partial charge in [0.2, 0.25) is 19.4 Å². The van der Waals surface area contributed by atoms with Gasteiger partial charge in [-0.05, 0) is 6.07 Å². The predicted octanol–water partition coefficient (Wildman–Crippen LogP) is -2.52. The van der Waals surface area contributed by atoms with Gasteiger partial charge < -0.3 is 35.8 Å². The van der Waals surface area contributed by atoms with Crippen LogP contribution in [0.3, 0.4) is 0 Å². The lowest BCUT2D eigenvalue weighted by Gasteiger charge is -2.50. The third-order valence-electron chi connectivity index (χ3n) is 5.47. The normalized spacial score (nSPS) is 18.2. The smallest absolute Gasteiger partial charge is 0.344 e. The van der Waals surface area contributed by atoms with Crippen molar-refractivity contribution in [2.24, 2.45) is 5.16 Å². The number of anilines is 2. The molecule has 208 valence electrons. The van der Waals surface area contributed by atoms with Crippen molar-refractivity contribution < 1.29 is 48.4 Å². The van der Waals surface area contributed by atoms with E-state index in [1.165, 1.54) is 17.1 Å². The second kappa shape index (κ2) is 12.3. The van der Waals surface area contributed by atoms with Crippen LogP contribution < -0.4 is 25.6 Å². The molecule has 16 nitrogen and oxygen atoms in total. The highest BCUT2D eigenvalue weighted by Gasteiger charge is 2.53. The number of hydrogen-bond donors (Lipinski definition) is 4. The van der Waals surface area contributed by atoms with Crippen LogP contribution in [0.5, 0.6) is 0 Å². The minimum absolute atomic E-state index is 0.0573. The molecule has 1 unspecified atom stereocenters. The van der Waals surface area contributed by atoms with Crippen LogP contribution in [0.25, 0.3) is 0 Å². The Balaban J connectivity index is 1.53. The molecule has 4 N–H and O–H groups in total. The number of carbonyl (C=O) groups is 6. The Kier molecular flexibility index (Phi) is 8.70. The van der Waals surface area contributed by atoms with E-state index in [1.54, 1.807) is 29.1 Å². The highest BCUT2D eigenvalue weighted by molar-refractivity contribution is 8.00. The summed E-state index contributed by atoms with van der Waals surface area (Å²) in [4.78, 5) is 80.1. The van der Waals surface area contributed by atoms with E-state index in [9.17, 15) is 33.9 Å². The van der Waals surface area contributed by atoms with Crippen LogP contribution in [0.2, 0.25) is 0 Å². The molecule has 1 fully saturated rings. The van der Waals surface area contributed by atoms with Gasteiger partial charge in [-0.3, -0.25) is 24.1 Å². The molecule has 4 rings (SSSR count). The van der Waals surface area contributed by atoms with Crippen LogP contribution >= 0.6 is 23.1 Å². The first-order valence-electron chi connectivity index (χ1n) is 11.2. The first-order chi connectivity index (χ1) is 19.2. The number of pyridine rings is 1. The average Bonchev–Trinajstić information content (AvgIpc) is 3.37. The summed E-state index contributed by atoms with van der Waals surface area (Å²) in [5.74, 6) is -4.38. The van der Waals surface area contributed by atoms with Crippen molar-refractivity contribution in [3.63, 3.8) is 0 Å². The summed E-state index contributed by atoms with van der Waals surface area (Å²) in [6.07, 6.45) is 4.13. The number of aliphatic carboxylic acids is 2. The Hall–Kier alpha value is -4.84. The third-order valence-corrected chi connectivity index (χ3v) is 7.59. The van der Waals surface area contributed by atoms with E-state index in [-0.39, 0.29) is 28.8 Å². The lowest BCUT2D eigenvalue weighted by molar-refractivity contribution is -0.688. The fraction of sp³-hybridized carbons (Fsp3) is 0.227. The zero-order valence-electron chi connectivity index (χ0n) is 20.1. The van der Waals surface area contributed by atoms with Gasteiger partial charge >= 0.3 is 5.97 Å². The molecule has 2 aromatic rings. The topological polar surface area (TPSA) is 223 Å². The first-order valence-corrected chi connectivity index (χ1v) is 13.1. The van der Waals surface area contributed by atoms with Crippen molar-refractivity contribution in [3.05, 3.63) is 46.9 Å². The number of fused-ring (bicyclic) bond motifs is 1. The van der Waals surface area contributed by atoms with Gasteiger partial charge in [-0.25, -0.2) is 9.78 Å². The molecule has 0 radical (unpaired) electrons. The number of carboxylic acids is 2. The number of β-lactam (4-membered cyclic amide) rings is 1. The number of thiazole rings is 1. The van der Waals surface area contributed by atoms with E-state index in [0.717, 1.165) is 16.2 Å². The van der Waals surface area contributed by atoms with Gasteiger partial charge in [-0.15, -0.1) is 23.1 Å². The number of amides is 4. The Morgan fingerprint density at radius 2 is 2.08 bits per heavy atom. The summed E-state index contributed by atoms with van der Waals surface area (Å²) in [7, 11) is 0. The second-order valence-corrected chi connectivity index (χ2v) is 10.00. The summed E-state index contributed by atoms with van der Waals surface area (Å²) >= 11 is 2.17. The highest BCUT2D eigenvalue weighted by Crippen LogP contribution is 2.40. The average molecular weight is 590 g/mol. The van der Waals surface area contributed by atoms with Crippen LogP contribution in [0, 0.1) is 0 Å². The van der Waals surface area contributed by atoms with E-state index in [1.807, 2.05) is 0 Å². The Morgan fingerprint density at radius 1 is 1.30 bits per heavy atom. The van der Waals surface area contributed by atoms with Crippen LogP contribution in [-0.2, 0) is 40.1 Å². The number of nitrogens with one attached hydrogen (secondary N) is 3. The van der Waals surface area contributed by atoms with Gasteiger partial charge in [-0.2, -0.15) is 4.57 Å². The summed E-state index contributed by atoms with van der Waals surface area (Å²) in [6, 6.07) is 2.16. The van der Waals surface area contributed by atoms with Crippen molar-refractivity contribution in [1.82, 2.24) is 15.2 Å². The molecule has 2 aliphatic heterocycles. The van der Waals surface area contributed by atoms with E-state index in [4.69, 9.17) is 9.94 Å². The standard InChI is InChI=1S/C22H19N7O9S2/c30-9-23-12-2-1-3-28(5-12)4-11-7-39-20-16(19(35)29(20)17(11)21(36)37)26-18(34)15(27-38-6-14(32)33)13-8-40-22(25-13)24-10-31/h1-3,5,8-10,16,20H,4,6-7H2,(H4-,23,24,25,26,30,31,32,33,34,36,37)/b27-15-/t16?,20-/m1/s1. The van der Waals surface area contributed by atoms with Gasteiger partial charge in [0.05, 0.1) is 11.7 Å². The molecular weight excluding hydrogens is 570 g/mol. The summed E-state index contributed by atoms with van der Waals surface area (Å²) in [5.41, 5.74) is 0.0345. The SMILES string of the molecule is O=CNc1ccc[n+](CC2=C(C(=O)[O-])N3C(=O)C(NC(=O)/C(=N\OCC(=O)O)c4csc(NC=O)n4)[C@H]3SC2)c1. The van der Waals surface area contributed by atoms with Crippen molar-refractivity contribution in [1.29, 1.82) is 0 Å². The fourth-order valence-electron chi connectivity index (χ4n) is 3.85. The van der Waals surface area contributed by atoms with Crippen molar-refractivity contribution in [2.45, 2.75) is 18.0 Å². The van der Waals surface area contributed by atoms with Crippen LogP contribution in [0.1, 0.15) is 5.69 Å². The van der Waals surface area contributed by atoms with Crippen molar-refractivity contribution in [2.75, 3.05) is 23.0 Å². The first kappa shape index (κ1) is 28.2. The summed E-state index contributed by atoms with van der Waals surface area (Å²) in [6.45, 7) is -0.763. The Labute approximate surface area is 232 Å². The van der Waals surface area contributed by atoms with Crippen LogP contribution in [0.15, 0.2) is 46.3 Å². The molecule has 40 heavy (non-hydrogen) atoms. The fourth-order valence-corrected chi connectivity index (χ4v) is 5.84. The van der Waals surface area contributed by atoms with Gasteiger partial charge in [0.25, 0.3) is 11.8 Å². The van der Waals surface area contributed by atoms with Gasteiger partial charge in [0, 0.05) is 22.8 Å². The van der Waals surface area contributed by atoms with E-state index < -0.39 is 47.5 Å². The molecule has 0 spiro atoms. The lowest BCUT2D eigenvalue weighted by atomic mass is 10.0. The number of aromatic nitrogens is 2. The third kappa shape index (κ3) is 6.07. The monoisotopic (exact) mass is 589 g/mol. The number of nitrogens with zero attached hydrogens (tertiary/aromatic N) is 4. The highest BCUT2D eigenvalue weighted by atomic mass is 32.2. The summed E-state index contributed by atoms with van der Waals surface area (Å²) < 4.78 is 1.63. The molecule has 2 aliphatic rings. The van der Waals surface area contributed by atoms with Crippen molar-refractivity contribution in [3.8, 4) is 0 Å². The van der Waals surface area contributed by atoms with Gasteiger partial charge in [0.15, 0.2) is 29.8 Å². The number of carbonyl (C=O) groups excluding carboxylic acids is 5. The second-order valence-electron chi connectivity index (χ2n) is 8.03. The molecule has 1 saturated heterocycles. The molecule has 4 amide bonds. The number of thioether (sulfide) groups is 1. The molecule has 2 aromatic heterocycles. The zero-order valence-corrected chi connectivity index (χ0v) is 21.8. The predicted molar refractivity (Wildman–Crippen MR) is 135 cm³/mol. The Morgan fingerprint density at radius 3 is 2.77 bits per heavy atom. The molecule has 2 atom stereocenters. The minimum atomic E-state index is -1.57. The molecule has 18 heteroatoms. The number of carboxylic acid groups (broad SMARTS) is 2. The van der Waals surface area contributed by atoms with Crippen LogP contribution in [0.4, 0.5) is 10.8 Å². The molecule has 0 aliphatic carbocycles. The largest absolute Gasteiger partial charge is 0.543 e. The number of hydrogen-bond acceptors (Lipinski definition) is 12. The number of oxime groups is 1. The maximum absolute atomic E-state index is 13.1. The molecule has 0 saturated carbocycles. The van der Waals surface area contributed by atoms with Gasteiger partial charge in [-0.1, -0.05) is 5.16 Å². The maximum atomic E-state index is 13.1. The zero-order chi connectivity index (χ0) is 28.8. The Bertz CT molecular complexity index is 1440. The quantitative estimate of drug-likeness (QED) is 0.0627. The van der Waals surface area contributed by atoms with Gasteiger partial charge in [0.1, 0.15) is 22.8 Å². The summed E-state index contributed by atoms with van der Waals surface area (Å²) in [5, 5.41) is 32.4.